The van der Waals surface area contributed by atoms with Crippen LogP contribution in [0.4, 0.5) is 5.69 Å². The number of thiocarbonyl (C=S) groups is 1. The number of carbonyl (C=O) groups excluding carboxylic acids is 1. The average Bonchev–Trinajstić information content (AvgIpc) is 2.62. The van der Waals surface area contributed by atoms with Crippen molar-refractivity contribution in [2.45, 2.75) is 39.3 Å². The Hall–Kier alpha value is -1.62. The third-order valence-electron chi connectivity index (χ3n) is 3.24. The van der Waals surface area contributed by atoms with Gasteiger partial charge in [-0.15, -0.1) is 0 Å². The molecule has 1 aliphatic rings. The Kier molecular flexibility index (Phi) is 4.04. The number of aryl methyl sites for hydroxylation is 2. The van der Waals surface area contributed by atoms with Gasteiger partial charge < -0.3 is 15.4 Å². The van der Waals surface area contributed by atoms with E-state index in [1.54, 1.807) is 0 Å². The number of anilines is 1. The summed E-state index contributed by atoms with van der Waals surface area (Å²) in [6, 6.07) is 5.68. The van der Waals surface area contributed by atoms with Gasteiger partial charge in [0, 0.05) is 12.1 Å². The Labute approximate surface area is 118 Å². The average molecular weight is 278 g/mol. The number of ether oxygens (including phenoxy) is 1. The normalized spacial score (nSPS) is 21.9. The van der Waals surface area contributed by atoms with E-state index in [0.717, 1.165) is 5.69 Å². The highest BCUT2D eigenvalue weighted by Gasteiger charge is 2.32. The lowest BCUT2D eigenvalue weighted by Crippen LogP contribution is -2.40. The molecule has 0 bridgehead atoms. The van der Waals surface area contributed by atoms with Crippen molar-refractivity contribution in [3.05, 3.63) is 29.3 Å². The van der Waals surface area contributed by atoms with Gasteiger partial charge in [0.15, 0.2) is 5.11 Å². The first kappa shape index (κ1) is 13.8. The van der Waals surface area contributed by atoms with E-state index in [9.17, 15) is 4.79 Å². The number of nitrogens with one attached hydrogen (secondary N) is 2. The van der Waals surface area contributed by atoms with E-state index in [1.165, 1.54) is 11.1 Å². The van der Waals surface area contributed by atoms with Gasteiger partial charge in [-0.1, -0.05) is 6.07 Å². The van der Waals surface area contributed by atoms with Gasteiger partial charge in [-0.3, -0.25) is 0 Å². The predicted octanol–water partition coefficient (Wildman–Crippen LogP) is 2.29. The second-order valence-corrected chi connectivity index (χ2v) is 5.34. The molecule has 5 heteroatoms. The molecule has 2 N–H and O–H groups in total. The van der Waals surface area contributed by atoms with Crippen molar-refractivity contribution in [1.29, 1.82) is 0 Å². The maximum atomic E-state index is 11.5. The Morgan fingerprint density at radius 2 is 2.11 bits per heavy atom. The summed E-state index contributed by atoms with van der Waals surface area (Å²) >= 11 is 5.21. The molecule has 1 fully saturated rings. The van der Waals surface area contributed by atoms with Crippen LogP contribution in [0, 0.1) is 13.8 Å². The highest BCUT2D eigenvalue weighted by Crippen LogP contribution is 2.16. The van der Waals surface area contributed by atoms with Crippen molar-refractivity contribution in [3.8, 4) is 0 Å². The molecular weight excluding hydrogens is 260 g/mol. The zero-order valence-electron chi connectivity index (χ0n) is 11.3. The molecule has 0 saturated carbocycles. The van der Waals surface area contributed by atoms with Gasteiger partial charge in [-0.2, -0.15) is 0 Å². The highest BCUT2D eigenvalue weighted by molar-refractivity contribution is 7.80. The summed E-state index contributed by atoms with van der Waals surface area (Å²) in [6.07, 6.45) is 0.600. The summed E-state index contributed by atoms with van der Waals surface area (Å²) in [7, 11) is 0. The van der Waals surface area contributed by atoms with Gasteiger partial charge >= 0.3 is 5.97 Å². The van der Waals surface area contributed by atoms with E-state index in [1.807, 2.05) is 32.0 Å². The largest absolute Gasteiger partial charge is 0.461 e. The van der Waals surface area contributed by atoms with E-state index < -0.39 is 0 Å². The first-order chi connectivity index (χ1) is 8.95. The third kappa shape index (κ3) is 3.44. The lowest BCUT2D eigenvalue weighted by Gasteiger charge is -2.14. The summed E-state index contributed by atoms with van der Waals surface area (Å²) in [5.41, 5.74) is 3.35. The molecule has 0 aromatic heterocycles. The Morgan fingerprint density at radius 1 is 1.37 bits per heavy atom. The fourth-order valence-corrected chi connectivity index (χ4v) is 2.28. The number of benzene rings is 1. The zero-order valence-corrected chi connectivity index (χ0v) is 12.1. The van der Waals surface area contributed by atoms with E-state index >= 15 is 0 Å². The standard InChI is InChI=1S/C14H18N2O2S/c1-8-4-5-11(6-9(8)2)15-14(19)16-12-7-10(3)18-13(12)17/h4-6,10,12H,7H2,1-3H3,(H2,15,16,19)/t10-,12+/m0/s1. The minimum absolute atomic E-state index is 0.0468. The van der Waals surface area contributed by atoms with Crippen LogP contribution in [0.3, 0.4) is 0 Å². The highest BCUT2D eigenvalue weighted by atomic mass is 32.1. The number of cyclic esters (lactones) is 1. The molecule has 1 saturated heterocycles. The lowest BCUT2D eigenvalue weighted by atomic mass is 10.1. The summed E-state index contributed by atoms with van der Waals surface area (Å²) < 4.78 is 5.07. The lowest BCUT2D eigenvalue weighted by molar-refractivity contribution is -0.142. The van der Waals surface area contributed by atoms with Gasteiger partial charge in [0.2, 0.25) is 0 Å². The summed E-state index contributed by atoms with van der Waals surface area (Å²) in [4.78, 5) is 11.5. The molecule has 0 spiro atoms. The molecule has 0 aliphatic carbocycles. The third-order valence-corrected chi connectivity index (χ3v) is 3.46. The fourth-order valence-electron chi connectivity index (χ4n) is 2.02. The Bertz CT molecular complexity index is 516. The Balaban J connectivity index is 1.94. The monoisotopic (exact) mass is 278 g/mol. The maximum absolute atomic E-state index is 11.5. The number of rotatable bonds is 2. The number of esters is 1. The fraction of sp³-hybridized carbons (Fsp3) is 0.429. The van der Waals surface area contributed by atoms with E-state index in [-0.39, 0.29) is 18.1 Å². The van der Waals surface area contributed by atoms with Crippen LogP contribution < -0.4 is 10.6 Å². The quantitative estimate of drug-likeness (QED) is 0.642. The molecular formula is C14H18N2O2S. The van der Waals surface area contributed by atoms with Crippen molar-refractivity contribution in [1.82, 2.24) is 5.32 Å². The molecule has 1 aromatic carbocycles. The van der Waals surface area contributed by atoms with Crippen molar-refractivity contribution in [2.75, 3.05) is 5.32 Å². The molecule has 0 unspecified atom stereocenters. The second kappa shape index (κ2) is 5.57. The van der Waals surface area contributed by atoms with Crippen molar-refractivity contribution in [3.63, 3.8) is 0 Å². The van der Waals surface area contributed by atoms with Crippen molar-refractivity contribution in [2.24, 2.45) is 0 Å². The molecule has 0 radical (unpaired) electrons. The van der Waals surface area contributed by atoms with E-state index in [4.69, 9.17) is 17.0 Å². The van der Waals surface area contributed by atoms with E-state index in [2.05, 4.69) is 17.6 Å². The first-order valence-corrected chi connectivity index (χ1v) is 6.72. The van der Waals surface area contributed by atoms with Crippen LogP contribution in [0.1, 0.15) is 24.5 Å². The maximum Gasteiger partial charge on any atom is 0.329 e. The van der Waals surface area contributed by atoms with Crippen molar-refractivity contribution >= 4 is 29.0 Å². The van der Waals surface area contributed by atoms with Crippen LogP contribution in [-0.2, 0) is 9.53 Å². The first-order valence-electron chi connectivity index (χ1n) is 6.31. The SMILES string of the molecule is Cc1ccc(NC(=S)N[C@@H]2C[C@H](C)OC2=O)cc1C. The summed E-state index contributed by atoms with van der Waals surface area (Å²) in [5, 5.41) is 6.52. The molecule has 0 amide bonds. The topological polar surface area (TPSA) is 50.4 Å². The van der Waals surface area contributed by atoms with E-state index in [0.29, 0.717) is 11.5 Å². The van der Waals surface area contributed by atoms with Crippen LogP contribution in [0.2, 0.25) is 0 Å². The van der Waals surface area contributed by atoms with Gasteiger partial charge in [0.05, 0.1) is 0 Å². The second-order valence-electron chi connectivity index (χ2n) is 4.93. The Morgan fingerprint density at radius 3 is 2.68 bits per heavy atom. The number of hydrogen-bond donors (Lipinski definition) is 2. The number of carbonyl (C=O) groups is 1. The molecule has 1 aliphatic heterocycles. The zero-order chi connectivity index (χ0) is 14.0. The molecule has 19 heavy (non-hydrogen) atoms. The van der Waals surface area contributed by atoms with Gasteiger partial charge in [0.1, 0.15) is 12.1 Å². The van der Waals surface area contributed by atoms with Crippen LogP contribution >= 0.6 is 12.2 Å². The van der Waals surface area contributed by atoms with Crippen LogP contribution in [0.25, 0.3) is 0 Å². The molecule has 1 aromatic rings. The van der Waals surface area contributed by atoms with Gasteiger partial charge in [-0.05, 0) is 56.2 Å². The van der Waals surface area contributed by atoms with Gasteiger partial charge in [-0.25, -0.2) is 4.79 Å². The molecule has 1 heterocycles. The minimum Gasteiger partial charge on any atom is -0.461 e. The molecule has 2 rings (SSSR count). The van der Waals surface area contributed by atoms with Crippen molar-refractivity contribution < 1.29 is 9.53 Å². The predicted molar refractivity (Wildman–Crippen MR) is 79.2 cm³/mol. The smallest absolute Gasteiger partial charge is 0.329 e. The summed E-state index contributed by atoms with van der Waals surface area (Å²) in [5.74, 6) is -0.239. The van der Waals surface area contributed by atoms with Gasteiger partial charge in [0.25, 0.3) is 0 Å². The molecule has 102 valence electrons. The molecule has 4 nitrogen and oxygen atoms in total. The minimum atomic E-state index is -0.346. The van der Waals surface area contributed by atoms with Crippen LogP contribution in [0.5, 0.6) is 0 Å². The molecule has 2 atom stereocenters. The summed E-state index contributed by atoms with van der Waals surface area (Å²) in [6.45, 7) is 5.98. The number of hydrogen-bond acceptors (Lipinski definition) is 3. The van der Waals surface area contributed by atoms with Crippen LogP contribution in [-0.4, -0.2) is 23.2 Å². The van der Waals surface area contributed by atoms with Crippen LogP contribution in [0.15, 0.2) is 18.2 Å².